The molecule has 3 rings (SSSR count). The van der Waals surface area contributed by atoms with Gasteiger partial charge in [0.15, 0.2) is 0 Å². The highest BCUT2D eigenvalue weighted by atomic mass is 16.2. The van der Waals surface area contributed by atoms with E-state index in [0.29, 0.717) is 17.5 Å². The molecule has 0 spiro atoms. The first-order valence-corrected chi connectivity index (χ1v) is 6.63. The lowest BCUT2D eigenvalue weighted by Crippen LogP contribution is -2.40. The Labute approximate surface area is 122 Å². The molecule has 0 radical (unpaired) electrons. The first-order valence-electron chi connectivity index (χ1n) is 6.63. The molecule has 0 aromatic heterocycles. The summed E-state index contributed by atoms with van der Waals surface area (Å²) in [6.45, 7) is 0. The Balaban J connectivity index is 1.92. The van der Waals surface area contributed by atoms with Gasteiger partial charge in [0.25, 0.3) is 11.8 Å². The van der Waals surface area contributed by atoms with Crippen LogP contribution in [-0.4, -0.2) is 22.8 Å². The lowest BCUT2D eigenvalue weighted by molar-refractivity contribution is 0.0619. The normalized spacial score (nSPS) is 14.7. The maximum absolute atomic E-state index is 12.4. The zero-order chi connectivity index (χ0) is 14.8. The van der Waals surface area contributed by atoms with E-state index >= 15 is 0 Å². The van der Waals surface area contributed by atoms with Gasteiger partial charge in [0.2, 0.25) is 0 Å². The standard InChI is InChI=1S/C17H12N2O2/c18-11-13(10-12-6-2-1-3-7-12)19-16(20)14-8-4-5-9-15(14)17(19)21/h1-9,13H,10H2. The molecule has 0 saturated heterocycles. The third-order valence-electron chi connectivity index (χ3n) is 3.56. The predicted molar refractivity (Wildman–Crippen MR) is 76.5 cm³/mol. The number of benzene rings is 2. The number of nitriles is 1. The van der Waals surface area contributed by atoms with Crippen molar-refractivity contribution in [2.24, 2.45) is 0 Å². The van der Waals surface area contributed by atoms with E-state index in [4.69, 9.17) is 0 Å². The molecule has 21 heavy (non-hydrogen) atoms. The molecule has 0 bridgehead atoms. The van der Waals surface area contributed by atoms with Crippen LogP contribution in [0.15, 0.2) is 54.6 Å². The summed E-state index contributed by atoms with van der Waals surface area (Å²) in [5, 5.41) is 9.37. The lowest BCUT2D eigenvalue weighted by atomic mass is 10.1. The third-order valence-corrected chi connectivity index (χ3v) is 3.56. The number of fused-ring (bicyclic) bond motifs is 1. The second-order valence-corrected chi connectivity index (χ2v) is 4.86. The molecule has 0 N–H and O–H groups in total. The third kappa shape index (κ3) is 2.19. The maximum atomic E-state index is 12.4. The van der Waals surface area contributed by atoms with E-state index in [2.05, 4.69) is 6.07 Å². The molecule has 4 nitrogen and oxygen atoms in total. The van der Waals surface area contributed by atoms with Crippen molar-refractivity contribution in [1.29, 1.82) is 5.26 Å². The van der Waals surface area contributed by atoms with Crippen LogP contribution in [0, 0.1) is 11.3 Å². The van der Waals surface area contributed by atoms with Gasteiger partial charge in [-0.25, -0.2) is 0 Å². The van der Waals surface area contributed by atoms with Gasteiger partial charge in [-0.1, -0.05) is 42.5 Å². The number of hydrogen-bond acceptors (Lipinski definition) is 3. The summed E-state index contributed by atoms with van der Waals surface area (Å²) in [4.78, 5) is 25.8. The van der Waals surface area contributed by atoms with Gasteiger partial charge in [-0.05, 0) is 17.7 Å². The largest absolute Gasteiger partial charge is 0.269 e. The molecule has 2 aromatic rings. The van der Waals surface area contributed by atoms with Crippen molar-refractivity contribution < 1.29 is 9.59 Å². The van der Waals surface area contributed by atoms with E-state index in [-0.39, 0.29) is 0 Å². The fourth-order valence-electron chi connectivity index (χ4n) is 2.52. The fourth-order valence-corrected chi connectivity index (χ4v) is 2.52. The highest BCUT2D eigenvalue weighted by Crippen LogP contribution is 2.25. The first kappa shape index (κ1) is 13.1. The van der Waals surface area contributed by atoms with Gasteiger partial charge >= 0.3 is 0 Å². The number of nitrogens with zero attached hydrogens (tertiary/aromatic N) is 2. The molecular weight excluding hydrogens is 264 g/mol. The van der Waals surface area contributed by atoms with Gasteiger partial charge in [-0.2, -0.15) is 5.26 Å². The fraction of sp³-hybridized carbons (Fsp3) is 0.118. The number of carbonyl (C=O) groups excluding carboxylic acids is 2. The van der Waals surface area contributed by atoms with Gasteiger partial charge in [-0.3, -0.25) is 14.5 Å². The van der Waals surface area contributed by atoms with Crippen LogP contribution in [0.2, 0.25) is 0 Å². The SMILES string of the molecule is N#CC(Cc1ccccc1)N1C(=O)c2ccccc2C1=O. The lowest BCUT2D eigenvalue weighted by Gasteiger charge is -2.20. The zero-order valence-corrected chi connectivity index (χ0v) is 11.2. The second kappa shape index (κ2) is 5.22. The summed E-state index contributed by atoms with van der Waals surface area (Å²) in [6.07, 6.45) is 0.336. The minimum Gasteiger partial charge on any atom is -0.269 e. The Bertz CT molecular complexity index is 712. The number of rotatable bonds is 3. The van der Waals surface area contributed by atoms with Gasteiger partial charge in [0.1, 0.15) is 6.04 Å². The zero-order valence-electron chi connectivity index (χ0n) is 11.2. The average molecular weight is 276 g/mol. The number of amides is 2. The molecule has 1 unspecified atom stereocenters. The van der Waals surface area contributed by atoms with Crippen molar-refractivity contribution >= 4 is 11.8 Å². The molecule has 0 fully saturated rings. The van der Waals surface area contributed by atoms with Crippen LogP contribution in [0.5, 0.6) is 0 Å². The Morgan fingerprint density at radius 3 is 1.95 bits per heavy atom. The maximum Gasteiger partial charge on any atom is 0.262 e. The Hall–Kier alpha value is -2.93. The molecule has 1 atom stereocenters. The predicted octanol–water partition coefficient (Wildman–Crippen LogP) is 2.42. The number of hydrogen-bond donors (Lipinski definition) is 0. The monoisotopic (exact) mass is 276 g/mol. The Morgan fingerprint density at radius 1 is 0.905 bits per heavy atom. The van der Waals surface area contributed by atoms with Crippen molar-refractivity contribution in [2.45, 2.75) is 12.5 Å². The number of imide groups is 1. The van der Waals surface area contributed by atoms with Crippen LogP contribution in [0.4, 0.5) is 0 Å². The van der Waals surface area contributed by atoms with Gasteiger partial charge in [0.05, 0.1) is 17.2 Å². The minimum atomic E-state index is -0.792. The van der Waals surface area contributed by atoms with Crippen molar-refractivity contribution in [3.63, 3.8) is 0 Å². The van der Waals surface area contributed by atoms with E-state index in [1.54, 1.807) is 24.3 Å². The Kier molecular flexibility index (Phi) is 3.25. The second-order valence-electron chi connectivity index (χ2n) is 4.86. The van der Waals surface area contributed by atoms with E-state index in [1.807, 2.05) is 30.3 Å². The summed E-state index contributed by atoms with van der Waals surface area (Å²) < 4.78 is 0. The molecule has 1 aliphatic heterocycles. The molecule has 1 heterocycles. The van der Waals surface area contributed by atoms with E-state index in [1.165, 1.54) is 0 Å². The van der Waals surface area contributed by atoms with Crippen molar-refractivity contribution in [1.82, 2.24) is 4.90 Å². The smallest absolute Gasteiger partial charge is 0.262 e. The topological polar surface area (TPSA) is 61.2 Å². The van der Waals surface area contributed by atoms with Crippen LogP contribution in [0.1, 0.15) is 26.3 Å². The molecule has 2 aromatic carbocycles. The first-order chi connectivity index (χ1) is 10.2. The molecule has 102 valence electrons. The van der Waals surface area contributed by atoms with E-state index < -0.39 is 17.9 Å². The average Bonchev–Trinajstić information content (AvgIpc) is 2.78. The van der Waals surface area contributed by atoms with Crippen LogP contribution in [0.3, 0.4) is 0 Å². The van der Waals surface area contributed by atoms with Crippen molar-refractivity contribution in [3.05, 3.63) is 71.3 Å². The van der Waals surface area contributed by atoms with Crippen LogP contribution < -0.4 is 0 Å². The summed E-state index contributed by atoms with van der Waals surface area (Å²) in [7, 11) is 0. The van der Waals surface area contributed by atoms with Crippen LogP contribution in [-0.2, 0) is 6.42 Å². The van der Waals surface area contributed by atoms with Gasteiger partial charge in [0, 0.05) is 6.42 Å². The van der Waals surface area contributed by atoms with Gasteiger partial charge < -0.3 is 0 Å². The molecule has 2 amide bonds. The summed E-state index contributed by atoms with van der Waals surface area (Å²) in [5.74, 6) is -0.781. The van der Waals surface area contributed by atoms with E-state index in [0.717, 1.165) is 10.5 Å². The van der Waals surface area contributed by atoms with Crippen molar-refractivity contribution in [3.8, 4) is 6.07 Å². The van der Waals surface area contributed by atoms with E-state index in [9.17, 15) is 14.9 Å². The minimum absolute atomic E-state index is 0.336. The molecule has 0 saturated carbocycles. The summed E-state index contributed by atoms with van der Waals surface area (Å²) in [5.41, 5.74) is 1.66. The summed E-state index contributed by atoms with van der Waals surface area (Å²) >= 11 is 0. The molecule has 4 heteroatoms. The molecule has 1 aliphatic rings. The van der Waals surface area contributed by atoms with Gasteiger partial charge in [-0.15, -0.1) is 0 Å². The summed E-state index contributed by atoms with van der Waals surface area (Å²) in [6, 6.07) is 17.3. The number of carbonyl (C=O) groups is 2. The van der Waals surface area contributed by atoms with Crippen LogP contribution >= 0.6 is 0 Å². The van der Waals surface area contributed by atoms with Crippen molar-refractivity contribution in [2.75, 3.05) is 0 Å². The Morgan fingerprint density at radius 2 is 1.43 bits per heavy atom. The van der Waals surface area contributed by atoms with Crippen LogP contribution in [0.25, 0.3) is 0 Å². The molecular formula is C17H12N2O2. The molecule has 0 aliphatic carbocycles. The quantitative estimate of drug-likeness (QED) is 0.809. The highest BCUT2D eigenvalue weighted by Gasteiger charge is 2.39. The highest BCUT2D eigenvalue weighted by molar-refractivity contribution is 6.21.